The Morgan fingerprint density at radius 2 is 1.72 bits per heavy atom. The van der Waals surface area contributed by atoms with Gasteiger partial charge in [0.1, 0.15) is 11.6 Å². The number of nitrogens with zero attached hydrogens (tertiary/aromatic N) is 4. The van der Waals surface area contributed by atoms with E-state index in [0.717, 1.165) is 61.8 Å². The van der Waals surface area contributed by atoms with Crippen LogP contribution in [0.2, 0.25) is 0 Å². The summed E-state index contributed by atoms with van der Waals surface area (Å²) >= 11 is 0. The molecule has 2 aromatic rings. The number of aryl methyl sites for hydroxylation is 1. The van der Waals surface area contributed by atoms with Crippen molar-refractivity contribution in [3.8, 4) is 0 Å². The molecule has 4 aliphatic rings. The lowest BCUT2D eigenvalue weighted by Gasteiger charge is -2.45. The van der Waals surface area contributed by atoms with Gasteiger partial charge in [0.05, 0.1) is 23.2 Å². The first-order valence-electron chi connectivity index (χ1n) is 15.6. The smallest absolute Gasteiger partial charge is 0.410 e. The van der Waals surface area contributed by atoms with Crippen molar-refractivity contribution < 1.29 is 23.9 Å². The van der Waals surface area contributed by atoms with Crippen LogP contribution in [0.1, 0.15) is 77.3 Å². The summed E-state index contributed by atoms with van der Waals surface area (Å²) in [4.78, 5) is 54.2. The normalized spacial score (nSPS) is 25.8. The number of imide groups is 1. The van der Waals surface area contributed by atoms with Crippen LogP contribution in [0.5, 0.6) is 0 Å². The Labute approximate surface area is 251 Å². The van der Waals surface area contributed by atoms with Gasteiger partial charge in [-0.2, -0.15) is 0 Å². The van der Waals surface area contributed by atoms with E-state index in [1.165, 1.54) is 5.57 Å². The monoisotopic (exact) mass is 593 g/mol. The molecule has 6 rings (SSSR count). The number of nitrogens with one attached hydrogen (secondary N) is 1. The number of amides is 3. The van der Waals surface area contributed by atoms with E-state index in [1.54, 1.807) is 21.1 Å². The van der Waals surface area contributed by atoms with Gasteiger partial charge in [-0.05, 0) is 70.9 Å². The molecule has 11 heteroatoms. The summed E-state index contributed by atoms with van der Waals surface area (Å²) in [5, 5.41) is 2.38. The molecule has 1 saturated carbocycles. The highest BCUT2D eigenvalue weighted by Crippen LogP contribution is 2.35. The molecule has 1 unspecified atom stereocenters. The number of aromatic nitrogens is 2. The predicted molar refractivity (Wildman–Crippen MR) is 161 cm³/mol. The topological polar surface area (TPSA) is 115 Å². The minimum atomic E-state index is -0.689. The second-order valence-corrected chi connectivity index (χ2v) is 13.4. The van der Waals surface area contributed by atoms with Crippen molar-refractivity contribution in [1.82, 2.24) is 24.3 Å². The molecule has 11 nitrogen and oxygen atoms in total. The van der Waals surface area contributed by atoms with E-state index < -0.39 is 17.6 Å². The highest BCUT2D eigenvalue weighted by atomic mass is 16.6. The molecule has 3 amide bonds. The van der Waals surface area contributed by atoms with Gasteiger partial charge in [-0.25, -0.2) is 9.59 Å². The Kier molecular flexibility index (Phi) is 7.97. The van der Waals surface area contributed by atoms with Crippen molar-refractivity contribution in [1.29, 1.82) is 0 Å². The van der Waals surface area contributed by atoms with E-state index in [0.29, 0.717) is 25.6 Å². The van der Waals surface area contributed by atoms with Crippen LogP contribution in [0.4, 0.5) is 4.79 Å². The number of likely N-dealkylation sites (tertiary alicyclic amines) is 1. The lowest BCUT2D eigenvalue weighted by atomic mass is 9.86. The molecule has 1 N–H and O–H groups in total. The van der Waals surface area contributed by atoms with Crippen molar-refractivity contribution in [2.24, 2.45) is 7.05 Å². The average Bonchev–Trinajstić information content (AvgIpc) is 3.20. The Morgan fingerprint density at radius 3 is 2.37 bits per heavy atom. The summed E-state index contributed by atoms with van der Waals surface area (Å²) in [5.74, 6) is -0.713. The maximum atomic E-state index is 13.3. The molecule has 3 aliphatic heterocycles. The first-order valence-corrected chi connectivity index (χ1v) is 15.6. The van der Waals surface area contributed by atoms with E-state index in [9.17, 15) is 19.2 Å². The Morgan fingerprint density at radius 1 is 0.977 bits per heavy atom. The van der Waals surface area contributed by atoms with Crippen LogP contribution >= 0.6 is 0 Å². The van der Waals surface area contributed by atoms with Crippen LogP contribution in [0, 0.1) is 0 Å². The van der Waals surface area contributed by atoms with Gasteiger partial charge in [0.25, 0.3) is 0 Å². The van der Waals surface area contributed by atoms with Gasteiger partial charge in [-0.3, -0.25) is 28.9 Å². The molecule has 232 valence electrons. The fourth-order valence-corrected chi connectivity index (χ4v) is 6.91. The van der Waals surface area contributed by atoms with E-state index in [4.69, 9.17) is 9.47 Å². The molecule has 3 fully saturated rings. The number of benzene rings is 1. The minimum Gasteiger partial charge on any atom is -0.444 e. The maximum Gasteiger partial charge on any atom is 0.410 e. The number of hydrogen-bond donors (Lipinski definition) is 1. The molecule has 1 aromatic heterocycles. The maximum absolute atomic E-state index is 13.3. The molecule has 1 aromatic carbocycles. The number of hydrogen-bond acceptors (Lipinski definition) is 7. The zero-order valence-electron chi connectivity index (χ0n) is 25.6. The molecule has 0 bridgehead atoms. The van der Waals surface area contributed by atoms with Crippen LogP contribution in [-0.2, 0) is 26.1 Å². The van der Waals surface area contributed by atoms with E-state index in [2.05, 4.69) is 22.4 Å². The second kappa shape index (κ2) is 11.6. The number of rotatable bonds is 5. The van der Waals surface area contributed by atoms with E-state index in [-0.39, 0.29) is 36.3 Å². The van der Waals surface area contributed by atoms with Crippen LogP contribution < -0.4 is 11.0 Å². The molecule has 1 aliphatic carbocycles. The quantitative estimate of drug-likeness (QED) is 0.529. The van der Waals surface area contributed by atoms with E-state index >= 15 is 0 Å². The Hall–Kier alpha value is -3.44. The molecular formula is C32H43N5O6. The van der Waals surface area contributed by atoms with E-state index in [1.807, 2.05) is 32.9 Å². The highest BCUT2D eigenvalue weighted by molar-refractivity contribution is 6.00. The number of fused-ring (bicyclic) bond motifs is 1. The summed E-state index contributed by atoms with van der Waals surface area (Å²) in [6.07, 6.45) is 7.64. The minimum absolute atomic E-state index is 0.192. The van der Waals surface area contributed by atoms with Gasteiger partial charge < -0.3 is 14.4 Å². The van der Waals surface area contributed by atoms with Crippen molar-refractivity contribution in [2.75, 3.05) is 26.2 Å². The number of carbonyl (C=O) groups excluding carboxylic acids is 3. The number of carbonyl (C=O) groups is 3. The third-order valence-electron chi connectivity index (χ3n) is 9.28. The molecule has 1 atom stereocenters. The third kappa shape index (κ3) is 6.02. The summed E-state index contributed by atoms with van der Waals surface area (Å²) < 4.78 is 15.1. The SMILES string of the molecule is Cn1c(=O)n(C2CCC(=O)NC2=O)c2cccc(C3=CCN([C@H]4C[C@H](OC5CCN(C(=O)OC(C)(C)C)CC5)C4)CC3)c21. The van der Waals surface area contributed by atoms with Crippen LogP contribution in [-0.4, -0.2) is 86.9 Å². The van der Waals surface area contributed by atoms with Gasteiger partial charge in [0.15, 0.2) is 0 Å². The number of para-hydroxylation sites is 1. The fraction of sp³-hybridized carbons (Fsp3) is 0.625. The fourth-order valence-electron chi connectivity index (χ4n) is 6.91. The Bertz CT molecular complexity index is 1500. The predicted octanol–water partition coefficient (Wildman–Crippen LogP) is 3.35. The van der Waals surface area contributed by atoms with Crippen LogP contribution in [0.25, 0.3) is 16.6 Å². The summed E-state index contributed by atoms with van der Waals surface area (Å²) in [6.45, 7) is 8.80. The lowest BCUT2D eigenvalue weighted by Crippen LogP contribution is -2.51. The molecular weight excluding hydrogens is 550 g/mol. The summed E-state index contributed by atoms with van der Waals surface area (Å²) in [7, 11) is 1.75. The first-order chi connectivity index (χ1) is 20.5. The van der Waals surface area contributed by atoms with Gasteiger partial charge in [0, 0.05) is 51.3 Å². The van der Waals surface area contributed by atoms with Gasteiger partial charge in [0.2, 0.25) is 11.8 Å². The van der Waals surface area contributed by atoms with Crippen LogP contribution in [0.3, 0.4) is 0 Å². The molecule has 4 heterocycles. The molecule has 0 spiro atoms. The van der Waals surface area contributed by atoms with Crippen molar-refractivity contribution in [3.63, 3.8) is 0 Å². The summed E-state index contributed by atoms with van der Waals surface area (Å²) in [6, 6.07) is 5.69. The second-order valence-electron chi connectivity index (χ2n) is 13.4. The van der Waals surface area contributed by atoms with Crippen molar-refractivity contribution in [3.05, 3.63) is 40.3 Å². The van der Waals surface area contributed by atoms with Crippen molar-refractivity contribution in [2.45, 2.75) is 95.6 Å². The van der Waals surface area contributed by atoms with Gasteiger partial charge >= 0.3 is 11.8 Å². The van der Waals surface area contributed by atoms with Crippen LogP contribution in [0.15, 0.2) is 29.1 Å². The third-order valence-corrected chi connectivity index (χ3v) is 9.28. The van der Waals surface area contributed by atoms with Crippen molar-refractivity contribution >= 4 is 34.5 Å². The molecule has 0 radical (unpaired) electrons. The molecule has 43 heavy (non-hydrogen) atoms. The molecule has 2 saturated heterocycles. The zero-order chi connectivity index (χ0) is 30.5. The largest absolute Gasteiger partial charge is 0.444 e. The van der Waals surface area contributed by atoms with Gasteiger partial charge in [-0.15, -0.1) is 0 Å². The number of piperidine rings is 2. The lowest BCUT2D eigenvalue weighted by molar-refractivity contribution is -0.135. The highest BCUT2D eigenvalue weighted by Gasteiger charge is 2.38. The average molecular weight is 594 g/mol. The number of ether oxygens (including phenoxy) is 2. The number of imidazole rings is 1. The first kappa shape index (κ1) is 29.6. The zero-order valence-corrected chi connectivity index (χ0v) is 25.6. The Balaban J connectivity index is 1.04. The standard InChI is InChI=1S/C32H43N5O6/c1-32(2,3)43-31(41)36-16-12-22(13-17-36)42-23-18-21(19-23)35-14-10-20(11-15-35)24-6-5-7-25-28(24)34(4)30(40)37(25)26-8-9-27(38)33-29(26)39/h5-7,10,21-23,26H,8-9,11-19H2,1-4H3,(H,33,38,39)/t21-,23-,26?. The summed E-state index contributed by atoms with van der Waals surface area (Å²) in [5.41, 5.74) is 3.05. The van der Waals surface area contributed by atoms with Gasteiger partial charge in [-0.1, -0.05) is 18.2 Å².